The summed E-state index contributed by atoms with van der Waals surface area (Å²) in [7, 11) is 7.71. The van der Waals surface area contributed by atoms with Crippen LogP contribution in [0.4, 0.5) is 0 Å². The predicted molar refractivity (Wildman–Crippen MR) is 86.4 cm³/mol. The highest BCUT2D eigenvalue weighted by Gasteiger charge is 2.31. The quantitative estimate of drug-likeness (QED) is 0.814. The van der Waals surface area contributed by atoms with Crippen LogP contribution in [0.2, 0.25) is 0 Å². The van der Waals surface area contributed by atoms with Gasteiger partial charge in [-0.1, -0.05) is 0 Å². The number of hydrogen-bond donors (Lipinski definition) is 0. The summed E-state index contributed by atoms with van der Waals surface area (Å²) in [6.07, 6.45) is 4.09. The van der Waals surface area contributed by atoms with Crippen LogP contribution in [-0.2, 0) is 11.3 Å². The lowest BCUT2D eigenvalue weighted by molar-refractivity contribution is -0.130. The standard InChI is InChI=1S/C16H27N5O/c1-12-17-9-13(10-19(2)3)16(18-12)14-7-6-8-21(14)11-15(22)20(4)5/h9,14H,6-8,10-11H2,1-5H3/t14-/m0/s1. The molecule has 0 aliphatic carbocycles. The minimum absolute atomic E-state index is 0.145. The second kappa shape index (κ2) is 7.15. The molecule has 0 saturated carbocycles. The summed E-state index contributed by atoms with van der Waals surface area (Å²) in [6.45, 7) is 4.16. The van der Waals surface area contributed by atoms with Gasteiger partial charge in [-0.3, -0.25) is 9.69 Å². The Balaban J connectivity index is 2.25. The van der Waals surface area contributed by atoms with Gasteiger partial charge in [-0.05, 0) is 40.4 Å². The molecule has 1 atom stereocenters. The second-order valence-electron chi connectivity index (χ2n) is 6.48. The summed E-state index contributed by atoms with van der Waals surface area (Å²) >= 11 is 0. The summed E-state index contributed by atoms with van der Waals surface area (Å²) in [6, 6.07) is 0.223. The molecule has 1 fully saturated rings. The first-order chi connectivity index (χ1) is 10.4. The number of aryl methyl sites for hydroxylation is 1. The van der Waals surface area contributed by atoms with E-state index in [9.17, 15) is 4.79 Å². The topological polar surface area (TPSA) is 52.6 Å². The van der Waals surface area contributed by atoms with E-state index in [1.165, 1.54) is 0 Å². The van der Waals surface area contributed by atoms with Crippen molar-refractivity contribution in [1.82, 2.24) is 24.7 Å². The normalized spacial score (nSPS) is 18.9. The van der Waals surface area contributed by atoms with Crippen molar-refractivity contribution in [2.24, 2.45) is 0 Å². The molecule has 1 aromatic heterocycles. The van der Waals surface area contributed by atoms with Gasteiger partial charge in [0.25, 0.3) is 0 Å². The Hall–Kier alpha value is -1.53. The van der Waals surface area contributed by atoms with Crippen molar-refractivity contribution in [1.29, 1.82) is 0 Å². The number of nitrogens with zero attached hydrogens (tertiary/aromatic N) is 5. The maximum Gasteiger partial charge on any atom is 0.236 e. The molecule has 0 unspecified atom stereocenters. The first-order valence-corrected chi connectivity index (χ1v) is 7.80. The average Bonchev–Trinajstić information content (AvgIpc) is 2.88. The van der Waals surface area contributed by atoms with Crippen LogP contribution in [0.15, 0.2) is 6.20 Å². The molecule has 1 aromatic rings. The molecular formula is C16H27N5O. The van der Waals surface area contributed by atoms with Crippen molar-refractivity contribution in [3.8, 4) is 0 Å². The third-order valence-corrected chi connectivity index (χ3v) is 4.02. The van der Waals surface area contributed by atoms with E-state index in [0.29, 0.717) is 6.54 Å². The Labute approximate surface area is 133 Å². The van der Waals surface area contributed by atoms with E-state index in [4.69, 9.17) is 4.98 Å². The molecule has 0 N–H and O–H groups in total. The molecular weight excluding hydrogens is 278 g/mol. The zero-order chi connectivity index (χ0) is 16.3. The van der Waals surface area contributed by atoms with Gasteiger partial charge in [0, 0.05) is 32.4 Å². The predicted octanol–water partition coefficient (Wildman–Crippen LogP) is 1.07. The highest BCUT2D eigenvalue weighted by molar-refractivity contribution is 5.77. The fourth-order valence-electron chi connectivity index (χ4n) is 2.90. The van der Waals surface area contributed by atoms with Gasteiger partial charge in [0.1, 0.15) is 5.82 Å². The Morgan fingerprint density at radius 3 is 2.73 bits per heavy atom. The molecule has 6 heteroatoms. The van der Waals surface area contributed by atoms with Gasteiger partial charge in [0.15, 0.2) is 0 Å². The lowest BCUT2D eigenvalue weighted by Gasteiger charge is -2.27. The molecule has 1 aliphatic rings. The van der Waals surface area contributed by atoms with Crippen molar-refractivity contribution in [2.45, 2.75) is 32.4 Å². The summed E-state index contributed by atoms with van der Waals surface area (Å²) in [5, 5.41) is 0. The smallest absolute Gasteiger partial charge is 0.236 e. The Kier molecular flexibility index (Phi) is 5.47. The number of carbonyl (C=O) groups is 1. The average molecular weight is 305 g/mol. The van der Waals surface area contributed by atoms with Gasteiger partial charge in [0.05, 0.1) is 18.3 Å². The zero-order valence-electron chi connectivity index (χ0n) is 14.3. The Morgan fingerprint density at radius 1 is 1.36 bits per heavy atom. The molecule has 22 heavy (non-hydrogen) atoms. The van der Waals surface area contributed by atoms with Crippen molar-refractivity contribution in [3.63, 3.8) is 0 Å². The van der Waals surface area contributed by atoms with Crippen LogP contribution in [0.1, 0.15) is 36.0 Å². The molecule has 1 aliphatic heterocycles. The first-order valence-electron chi connectivity index (χ1n) is 7.80. The van der Waals surface area contributed by atoms with Crippen LogP contribution in [0.5, 0.6) is 0 Å². The fourth-order valence-corrected chi connectivity index (χ4v) is 2.90. The molecule has 2 rings (SSSR count). The second-order valence-corrected chi connectivity index (χ2v) is 6.48. The van der Waals surface area contributed by atoms with E-state index in [2.05, 4.69) is 14.8 Å². The maximum atomic E-state index is 12.0. The summed E-state index contributed by atoms with van der Waals surface area (Å²) in [5.74, 6) is 0.940. The number of likely N-dealkylation sites (N-methyl/N-ethyl adjacent to an activating group) is 1. The largest absolute Gasteiger partial charge is 0.348 e. The van der Waals surface area contributed by atoms with Gasteiger partial charge < -0.3 is 9.80 Å². The molecule has 0 bridgehead atoms. The molecule has 1 amide bonds. The van der Waals surface area contributed by atoms with E-state index in [-0.39, 0.29) is 11.9 Å². The van der Waals surface area contributed by atoms with Crippen LogP contribution in [0.3, 0.4) is 0 Å². The number of hydrogen-bond acceptors (Lipinski definition) is 5. The van der Waals surface area contributed by atoms with Crippen molar-refractivity contribution < 1.29 is 4.79 Å². The number of rotatable bonds is 5. The van der Waals surface area contributed by atoms with Gasteiger partial charge in [-0.25, -0.2) is 9.97 Å². The molecule has 122 valence electrons. The van der Waals surface area contributed by atoms with Crippen LogP contribution < -0.4 is 0 Å². The molecule has 0 radical (unpaired) electrons. The minimum Gasteiger partial charge on any atom is -0.348 e. The van der Waals surface area contributed by atoms with Gasteiger partial charge in [0.2, 0.25) is 5.91 Å². The number of carbonyl (C=O) groups excluding carboxylic acids is 1. The van der Waals surface area contributed by atoms with E-state index in [1.807, 2.05) is 27.2 Å². The highest BCUT2D eigenvalue weighted by atomic mass is 16.2. The van der Waals surface area contributed by atoms with Crippen LogP contribution >= 0.6 is 0 Å². The molecule has 0 aromatic carbocycles. The number of aromatic nitrogens is 2. The monoisotopic (exact) mass is 305 g/mol. The zero-order valence-corrected chi connectivity index (χ0v) is 14.3. The first kappa shape index (κ1) is 16.8. The Bertz CT molecular complexity index is 529. The van der Waals surface area contributed by atoms with Crippen LogP contribution in [0.25, 0.3) is 0 Å². The summed E-state index contributed by atoms with van der Waals surface area (Å²) < 4.78 is 0. The van der Waals surface area contributed by atoms with E-state index in [0.717, 1.165) is 43.0 Å². The molecule has 2 heterocycles. The fraction of sp³-hybridized carbons (Fsp3) is 0.688. The van der Waals surface area contributed by atoms with E-state index < -0.39 is 0 Å². The molecule has 1 saturated heterocycles. The Morgan fingerprint density at radius 2 is 2.09 bits per heavy atom. The van der Waals surface area contributed by atoms with Crippen molar-refractivity contribution >= 4 is 5.91 Å². The summed E-state index contributed by atoms with van der Waals surface area (Å²) in [5.41, 5.74) is 2.25. The summed E-state index contributed by atoms with van der Waals surface area (Å²) in [4.78, 5) is 27.1. The van der Waals surface area contributed by atoms with E-state index in [1.54, 1.807) is 19.0 Å². The third-order valence-electron chi connectivity index (χ3n) is 4.02. The van der Waals surface area contributed by atoms with Crippen LogP contribution in [0, 0.1) is 6.92 Å². The third kappa shape index (κ3) is 4.01. The SMILES string of the molecule is Cc1ncc(CN(C)C)c([C@@H]2CCCN2CC(=O)N(C)C)n1. The van der Waals surface area contributed by atoms with E-state index >= 15 is 0 Å². The lowest BCUT2D eigenvalue weighted by Crippen LogP contribution is -2.37. The van der Waals surface area contributed by atoms with Crippen molar-refractivity contribution in [2.75, 3.05) is 41.3 Å². The van der Waals surface area contributed by atoms with Crippen LogP contribution in [-0.4, -0.2) is 71.9 Å². The van der Waals surface area contributed by atoms with Gasteiger partial charge in [-0.2, -0.15) is 0 Å². The van der Waals surface area contributed by atoms with Crippen molar-refractivity contribution in [3.05, 3.63) is 23.3 Å². The maximum absolute atomic E-state index is 12.0. The lowest BCUT2D eigenvalue weighted by atomic mass is 10.1. The van der Waals surface area contributed by atoms with Gasteiger partial charge in [-0.15, -0.1) is 0 Å². The minimum atomic E-state index is 0.145. The molecule has 6 nitrogen and oxygen atoms in total. The highest BCUT2D eigenvalue weighted by Crippen LogP contribution is 2.32. The van der Waals surface area contributed by atoms with Gasteiger partial charge >= 0.3 is 0 Å². The molecule has 0 spiro atoms. The number of likely N-dealkylation sites (tertiary alicyclic amines) is 1. The number of amides is 1.